The van der Waals surface area contributed by atoms with Crippen LogP contribution in [0.5, 0.6) is 0 Å². The van der Waals surface area contributed by atoms with Gasteiger partial charge in [-0.1, -0.05) is 39.0 Å². The molecule has 0 aliphatic rings. The smallest absolute Gasteiger partial charge is 0.252 e. The minimum Gasteiger partial charge on any atom is -0.394 e. The van der Waals surface area contributed by atoms with Crippen LogP contribution in [0.2, 0.25) is 0 Å². The number of hydrogen-bond donors (Lipinski definition) is 6. The number of carbonyl (C=O) groups excluding carboxylic acids is 1. The molecule has 1 amide bonds. The summed E-state index contributed by atoms with van der Waals surface area (Å²) in [6.45, 7) is -0.415. The molecule has 0 radical (unpaired) electrons. The summed E-state index contributed by atoms with van der Waals surface area (Å²) in [5, 5.41) is 47.8. The Hall–Kier alpha value is -0.730. The number of rotatable bonds is 12. The lowest BCUT2D eigenvalue weighted by molar-refractivity contribution is -0.175. The highest BCUT2D eigenvalue weighted by atomic mass is 16.4. The summed E-state index contributed by atoms with van der Waals surface area (Å²) in [7, 11) is 0. The molecular weight excluding hydrogens is 278 g/mol. The van der Waals surface area contributed by atoms with E-state index in [1.165, 1.54) is 0 Å². The van der Waals surface area contributed by atoms with Crippen LogP contribution >= 0.6 is 0 Å². The van der Waals surface area contributed by atoms with Crippen LogP contribution in [0.3, 0.4) is 0 Å². The average Bonchev–Trinajstić information content (AvgIpc) is 2.51. The third-order valence-corrected chi connectivity index (χ3v) is 3.63. The van der Waals surface area contributed by atoms with Gasteiger partial charge in [0.05, 0.1) is 6.61 Å². The third kappa shape index (κ3) is 6.27. The zero-order valence-corrected chi connectivity index (χ0v) is 12.3. The van der Waals surface area contributed by atoms with Crippen LogP contribution in [0.25, 0.3) is 0 Å². The first-order valence-corrected chi connectivity index (χ1v) is 7.27. The maximum absolute atomic E-state index is 11.4. The van der Waals surface area contributed by atoms with Gasteiger partial charge >= 0.3 is 0 Å². The molecule has 0 unspecified atom stereocenters. The molecule has 7 heteroatoms. The molecule has 0 heterocycles. The van der Waals surface area contributed by atoms with E-state index in [-0.39, 0.29) is 6.42 Å². The standard InChI is InChI=1S/C14H29NO6/c1-2-3-4-5-6-7-8-14(21,13(15)20)12(19)11(18)10(17)9-16/h10-12,16-19,21H,2-9H2,1H3,(H2,15,20)/t10-,11+,12+,14-/m1/s1/i1D. The number of aliphatic hydroxyl groups excluding tert-OH is 4. The highest BCUT2D eigenvalue weighted by Gasteiger charge is 2.46. The van der Waals surface area contributed by atoms with Crippen LogP contribution in [0.1, 0.15) is 53.2 Å². The second-order valence-corrected chi connectivity index (χ2v) is 5.35. The molecule has 7 nitrogen and oxygen atoms in total. The van der Waals surface area contributed by atoms with E-state index in [2.05, 4.69) is 0 Å². The van der Waals surface area contributed by atoms with Gasteiger partial charge < -0.3 is 31.3 Å². The molecule has 0 bridgehead atoms. The lowest BCUT2D eigenvalue weighted by atomic mass is 9.85. The Morgan fingerprint density at radius 2 is 1.76 bits per heavy atom. The van der Waals surface area contributed by atoms with Crippen LogP contribution in [-0.4, -0.2) is 62.0 Å². The first-order chi connectivity index (χ1) is 10.3. The lowest BCUT2D eigenvalue weighted by Gasteiger charge is -2.34. The normalized spacial score (nSPS) is 19.4. The molecule has 0 aliphatic carbocycles. The van der Waals surface area contributed by atoms with E-state index in [1.807, 2.05) is 0 Å². The van der Waals surface area contributed by atoms with E-state index in [4.69, 9.17) is 12.2 Å². The summed E-state index contributed by atoms with van der Waals surface area (Å²) in [5.74, 6) is -1.18. The number of nitrogens with two attached hydrogens (primary N) is 1. The van der Waals surface area contributed by atoms with E-state index >= 15 is 0 Å². The van der Waals surface area contributed by atoms with Gasteiger partial charge in [-0.15, -0.1) is 0 Å². The SMILES string of the molecule is [2H]CCCCCCCC[C@](O)(C(N)=O)[C@@H](O)[C@@H](O)[C@H](O)CO. The second-order valence-electron chi connectivity index (χ2n) is 5.35. The molecule has 126 valence electrons. The van der Waals surface area contributed by atoms with Crippen molar-refractivity contribution in [2.45, 2.75) is 75.8 Å². The molecule has 0 aliphatic heterocycles. The number of aliphatic hydroxyl groups is 5. The third-order valence-electron chi connectivity index (χ3n) is 3.63. The molecule has 0 saturated carbocycles. The second kappa shape index (κ2) is 10.1. The van der Waals surface area contributed by atoms with Crippen molar-refractivity contribution in [3.05, 3.63) is 0 Å². The molecule has 0 aromatic heterocycles. The quantitative estimate of drug-likeness (QED) is 0.256. The van der Waals surface area contributed by atoms with Crippen molar-refractivity contribution in [2.24, 2.45) is 5.73 Å². The van der Waals surface area contributed by atoms with Crippen molar-refractivity contribution in [1.29, 1.82) is 0 Å². The molecule has 0 rings (SSSR count). The number of carbonyl (C=O) groups is 1. The lowest BCUT2D eigenvalue weighted by Crippen LogP contribution is -2.60. The van der Waals surface area contributed by atoms with Gasteiger partial charge in [0, 0.05) is 1.37 Å². The largest absolute Gasteiger partial charge is 0.394 e. The molecule has 0 spiro atoms. The van der Waals surface area contributed by atoms with Gasteiger partial charge in [-0.25, -0.2) is 0 Å². The number of primary amides is 1. The summed E-state index contributed by atoms with van der Waals surface area (Å²) in [4.78, 5) is 11.4. The summed E-state index contributed by atoms with van der Waals surface area (Å²) < 4.78 is 7.01. The van der Waals surface area contributed by atoms with Gasteiger partial charge in [-0.3, -0.25) is 4.79 Å². The number of hydrogen-bond acceptors (Lipinski definition) is 6. The van der Waals surface area contributed by atoms with Crippen LogP contribution in [0, 0.1) is 0 Å². The fourth-order valence-corrected chi connectivity index (χ4v) is 2.12. The summed E-state index contributed by atoms with van der Waals surface area (Å²) in [6, 6.07) is 0. The van der Waals surface area contributed by atoms with Crippen molar-refractivity contribution in [3.63, 3.8) is 0 Å². The van der Waals surface area contributed by atoms with Crippen molar-refractivity contribution >= 4 is 5.91 Å². The monoisotopic (exact) mass is 308 g/mol. The van der Waals surface area contributed by atoms with Gasteiger partial charge in [0.15, 0.2) is 5.60 Å². The molecule has 4 atom stereocenters. The zero-order valence-electron chi connectivity index (χ0n) is 13.3. The van der Waals surface area contributed by atoms with Gasteiger partial charge in [0.25, 0.3) is 5.91 Å². The van der Waals surface area contributed by atoms with E-state index < -0.39 is 36.4 Å². The molecule has 0 aromatic carbocycles. The van der Waals surface area contributed by atoms with Crippen molar-refractivity contribution in [2.75, 3.05) is 6.61 Å². The molecule has 21 heavy (non-hydrogen) atoms. The van der Waals surface area contributed by atoms with Crippen LogP contribution in [0.4, 0.5) is 0 Å². The van der Waals surface area contributed by atoms with Gasteiger partial charge in [0.2, 0.25) is 0 Å². The average molecular weight is 308 g/mol. The predicted molar refractivity (Wildman–Crippen MR) is 77.2 cm³/mol. The Balaban J connectivity index is 4.41. The van der Waals surface area contributed by atoms with E-state index in [9.17, 15) is 25.2 Å². The molecule has 0 fully saturated rings. The Labute approximate surface area is 126 Å². The Morgan fingerprint density at radius 3 is 2.29 bits per heavy atom. The van der Waals surface area contributed by atoms with E-state index in [1.54, 1.807) is 0 Å². The molecular formula is C14H29NO6. The molecule has 0 aromatic rings. The van der Waals surface area contributed by atoms with Crippen LogP contribution in [-0.2, 0) is 4.79 Å². The number of unbranched alkanes of at least 4 members (excludes halogenated alkanes) is 5. The molecule has 7 N–H and O–H groups in total. The summed E-state index contributed by atoms with van der Waals surface area (Å²) >= 11 is 0. The fourth-order valence-electron chi connectivity index (χ4n) is 2.12. The minimum absolute atomic E-state index is 0.142. The highest BCUT2D eigenvalue weighted by Crippen LogP contribution is 2.23. The van der Waals surface area contributed by atoms with Crippen molar-refractivity contribution < 1.29 is 31.7 Å². The summed E-state index contributed by atoms with van der Waals surface area (Å²) in [6.07, 6.45) is -0.937. The maximum atomic E-state index is 11.4. The van der Waals surface area contributed by atoms with Gasteiger partial charge in [-0.2, -0.15) is 0 Å². The topological polar surface area (TPSA) is 144 Å². The maximum Gasteiger partial charge on any atom is 0.252 e. The van der Waals surface area contributed by atoms with Crippen molar-refractivity contribution in [1.82, 2.24) is 0 Å². The highest BCUT2D eigenvalue weighted by molar-refractivity contribution is 5.84. The first kappa shape index (κ1) is 18.3. The molecule has 0 saturated heterocycles. The minimum atomic E-state index is -2.35. The Morgan fingerprint density at radius 1 is 1.19 bits per heavy atom. The summed E-state index contributed by atoms with van der Waals surface area (Å²) in [5.41, 5.74) is 2.76. The van der Waals surface area contributed by atoms with Gasteiger partial charge in [0.1, 0.15) is 18.3 Å². The Kier molecular flexibility index (Phi) is 8.79. The zero-order chi connectivity index (χ0) is 17.2. The van der Waals surface area contributed by atoms with Crippen molar-refractivity contribution in [3.8, 4) is 0 Å². The number of amides is 1. The first-order valence-electron chi connectivity index (χ1n) is 7.98. The van der Waals surface area contributed by atoms with Crippen LogP contribution < -0.4 is 5.73 Å². The van der Waals surface area contributed by atoms with E-state index in [0.717, 1.165) is 25.7 Å². The van der Waals surface area contributed by atoms with Crippen LogP contribution in [0.15, 0.2) is 0 Å². The fraction of sp³-hybridized carbons (Fsp3) is 0.929. The Bertz CT molecular complexity index is 320. The predicted octanol–water partition coefficient (Wildman–Crippen LogP) is -0.972. The van der Waals surface area contributed by atoms with Gasteiger partial charge in [-0.05, 0) is 12.8 Å². The van der Waals surface area contributed by atoms with E-state index in [0.29, 0.717) is 19.7 Å².